The minimum atomic E-state index is -0.250. The van der Waals surface area contributed by atoms with Crippen molar-refractivity contribution in [1.29, 1.82) is 0 Å². The van der Waals surface area contributed by atoms with Crippen molar-refractivity contribution in [3.63, 3.8) is 0 Å². The van der Waals surface area contributed by atoms with E-state index in [0.29, 0.717) is 5.91 Å². The van der Waals surface area contributed by atoms with E-state index < -0.39 is 0 Å². The third-order valence-corrected chi connectivity index (χ3v) is 6.89. The lowest BCUT2D eigenvalue weighted by atomic mass is 9.95. The summed E-state index contributed by atoms with van der Waals surface area (Å²) in [6, 6.07) is 0.736. The SMILES string of the molecule is CC(=O)N1CCC(C(=O)N2CCCN(C3CCSCC3)CC2)CC1.O=CO. The first-order chi connectivity index (χ1) is 13.1. The fourth-order valence-electron chi connectivity index (χ4n) is 4.27. The largest absolute Gasteiger partial charge is 0.483 e. The predicted molar refractivity (Wildman–Crippen MR) is 107 cm³/mol. The second kappa shape index (κ2) is 11.5. The molecule has 3 saturated heterocycles. The molecule has 0 unspecified atom stereocenters. The van der Waals surface area contributed by atoms with Crippen LogP contribution in [0.4, 0.5) is 0 Å². The topological polar surface area (TPSA) is 81.2 Å². The Balaban J connectivity index is 0.000000817. The Morgan fingerprint density at radius 3 is 2.15 bits per heavy atom. The number of carboxylic acid groups (broad SMARTS) is 1. The van der Waals surface area contributed by atoms with Gasteiger partial charge in [0.25, 0.3) is 6.47 Å². The van der Waals surface area contributed by atoms with E-state index in [4.69, 9.17) is 9.90 Å². The Morgan fingerprint density at radius 2 is 1.56 bits per heavy atom. The van der Waals surface area contributed by atoms with E-state index in [1.165, 1.54) is 24.3 Å². The Morgan fingerprint density at radius 1 is 0.926 bits per heavy atom. The zero-order valence-electron chi connectivity index (χ0n) is 16.3. The molecule has 3 aliphatic rings. The first-order valence-corrected chi connectivity index (χ1v) is 11.2. The molecule has 0 aromatic carbocycles. The van der Waals surface area contributed by atoms with E-state index in [2.05, 4.69) is 21.6 Å². The van der Waals surface area contributed by atoms with Crippen molar-refractivity contribution >= 4 is 30.0 Å². The van der Waals surface area contributed by atoms with Gasteiger partial charge in [-0.3, -0.25) is 19.3 Å². The zero-order chi connectivity index (χ0) is 19.6. The van der Waals surface area contributed by atoms with Gasteiger partial charge in [-0.2, -0.15) is 11.8 Å². The molecule has 0 saturated carbocycles. The number of piperidine rings is 1. The average molecular weight is 400 g/mol. The van der Waals surface area contributed by atoms with Crippen molar-refractivity contribution in [3.05, 3.63) is 0 Å². The number of hydrogen-bond donors (Lipinski definition) is 1. The van der Waals surface area contributed by atoms with Crippen LogP contribution in [-0.2, 0) is 14.4 Å². The van der Waals surface area contributed by atoms with Crippen LogP contribution in [0.2, 0.25) is 0 Å². The third-order valence-electron chi connectivity index (χ3n) is 5.84. The van der Waals surface area contributed by atoms with Crippen LogP contribution in [0.1, 0.15) is 39.0 Å². The quantitative estimate of drug-likeness (QED) is 0.707. The van der Waals surface area contributed by atoms with Gasteiger partial charge in [-0.05, 0) is 43.6 Å². The first kappa shape index (κ1) is 22.0. The maximum absolute atomic E-state index is 12.9. The van der Waals surface area contributed by atoms with Crippen LogP contribution in [0.25, 0.3) is 0 Å². The second-order valence-electron chi connectivity index (χ2n) is 7.44. The summed E-state index contributed by atoms with van der Waals surface area (Å²) in [5.74, 6) is 3.17. The van der Waals surface area contributed by atoms with Gasteiger partial charge in [-0.1, -0.05) is 0 Å². The molecule has 2 amide bonds. The smallest absolute Gasteiger partial charge is 0.290 e. The van der Waals surface area contributed by atoms with Crippen LogP contribution in [0.15, 0.2) is 0 Å². The van der Waals surface area contributed by atoms with Crippen molar-refractivity contribution in [2.24, 2.45) is 5.92 Å². The van der Waals surface area contributed by atoms with Gasteiger partial charge in [0, 0.05) is 58.2 Å². The van der Waals surface area contributed by atoms with Gasteiger partial charge in [0.2, 0.25) is 11.8 Å². The highest BCUT2D eigenvalue weighted by molar-refractivity contribution is 7.99. The molecule has 7 nitrogen and oxygen atoms in total. The Labute approximate surface area is 166 Å². The van der Waals surface area contributed by atoms with E-state index in [0.717, 1.165) is 64.6 Å². The fraction of sp³-hybridized carbons (Fsp3) is 0.842. The number of carbonyl (C=O) groups excluding carboxylic acids is 2. The number of carbonyl (C=O) groups is 3. The highest BCUT2D eigenvalue weighted by Crippen LogP contribution is 2.24. The van der Waals surface area contributed by atoms with Crippen molar-refractivity contribution in [3.8, 4) is 0 Å². The Bertz CT molecular complexity index is 491. The summed E-state index contributed by atoms with van der Waals surface area (Å²) in [6.07, 6.45) is 5.38. The lowest BCUT2D eigenvalue weighted by molar-refractivity contribution is -0.140. The molecule has 8 heteroatoms. The number of thioether (sulfide) groups is 1. The maximum Gasteiger partial charge on any atom is 0.290 e. The van der Waals surface area contributed by atoms with Crippen LogP contribution in [-0.4, -0.2) is 94.9 Å². The molecule has 0 aromatic rings. The Hall–Kier alpha value is -1.28. The summed E-state index contributed by atoms with van der Waals surface area (Å²) < 4.78 is 0. The summed E-state index contributed by atoms with van der Waals surface area (Å²) in [7, 11) is 0. The summed E-state index contributed by atoms with van der Waals surface area (Å²) in [5.41, 5.74) is 0. The van der Waals surface area contributed by atoms with Crippen LogP contribution < -0.4 is 0 Å². The van der Waals surface area contributed by atoms with E-state index in [1.54, 1.807) is 6.92 Å². The molecule has 3 fully saturated rings. The number of likely N-dealkylation sites (tertiary alicyclic amines) is 1. The van der Waals surface area contributed by atoms with E-state index in [9.17, 15) is 9.59 Å². The molecule has 154 valence electrons. The third kappa shape index (κ3) is 6.68. The lowest BCUT2D eigenvalue weighted by Crippen LogP contribution is -2.45. The minimum absolute atomic E-state index is 0.123. The van der Waals surface area contributed by atoms with Crippen LogP contribution >= 0.6 is 11.8 Å². The second-order valence-corrected chi connectivity index (χ2v) is 8.67. The van der Waals surface area contributed by atoms with Crippen LogP contribution in [0.5, 0.6) is 0 Å². The Kier molecular flexibility index (Phi) is 9.41. The summed E-state index contributed by atoms with van der Waals surface area (Å²) in [6.45, 7) is 6.82. The molecule has 0 bridgehead atoms. The summed E-state index contributed by atoms with van der Waals surface area (Å²) >= 11 is 2.08. The van der Waals surface area contributed by atoms with Gasteiger partial charge in [0.05, 0.1) is 0 Å². The summed E-state index contributed by atoms with van der Waals surface area (Å²) in [4.78, 5) is 39.3. The average Bonchev–Trinajstić information content (AvgIpc) is 2.95. The van der Waals surface area contributed by atoms with Crippen LogP contribution in [0, 0.1) is 5.92 Å². The predicted octanol–water partition coefficient (Wildman–Crippen LogP) is 1.38. The summed E-state index contributed by atoms with van der Waals surface area (Å²) in [5, 5.41) is 6.89. The molecule has 27 heavy (non-hydrogen) atoms. The number of rotatable bonds is 2. The number of amides is 2. The van der Waals surface area contributed by atoms with E-state index >= 15 is 0 Å². The number of nitrogens with zero attached hydrogens (tertiary/aromatic N) is 3. The molecule has 3 heterocycles. The zero-order valence-corrected chi connectivity index (χ0v) is 17.2. The van der Waals surface area contributed by atoms with Gasteiger partial charge >= 0.3 is 0 Å². The van der Waals surface area contributed by atoms with Crippen molar-refractivity contribution in [2.45, 2.75) is 45.1 Å². The van der Waals surface area contributed by atoms with E-state index in [1.807, 2.05) is 4.90 Å². The van der Waals surface area contributed by atoms with Gasteiger partial charge in [0.15, 0.2) is 0 Å². The van der Waals surface area contributed by atoms with Gasteiger partial charge in [-0.15, -0.1) is 0 Å². The molecule has 0 radical (unpaired) electrons. The molecule has 0 spiro atoms. The molecular weight excluding hydrogens is 366 g/mol. The van der Waals surface area contributed by atoms with Crippen molar-refractivity contribution in [1.82, 2.24) is 14.7 Å². The molecule has 1 N–H and O–H groups in total. The van der Waals surface area contributed by atoms with Crippen LogP contribution in [0.3, 0.4) is 0 Å². The molecule has 3 aliphatic heterocycles. The van der Waals surface area contributed by atoms with Crippen molar-refractivity contribution in [2.75, 3.05) is 50.8 Å². The van der Waals surface area contributed by atoms with Gasteiger partial charge in [-0.25, -0.2) is 0 Å². The highest BCUT2D eigenvalue weighted by Gasteiger charge is 2.31. The normalized spacial score (nSPS) is 23.1. The van der Waals surface area contributed by atoms with Crippen molar-refractivity contribution < 1.29 is 19.5 Å². The fourth-order valence-corrected chi connectivity index (χ4v) is 5.35. The minimum Gasteiger partial charge on any atom is -0.483 e. The highest BCUT2D eigenvalue weighted by atomic mass is 32.2. The standard InChI is InChI=1S/C18H31N3O2S.CH2O2/c1-15(22)19-9-3-16(4-10-19)18(23)21-8-2-7-20(11-12-21)17-5-13-24-14-6-17;2-1-3/h16-17H,2-14H2,1H3;1H,(H,2,3). The molecule has 0 aliphatic carbocycles. The molecule has 0 atom stereocenters. The number of hydrogen-bond acceptors (Lipinski definition) is 5. The molecular formula is C19H33N3O4S. The van der Waals surface area contributed by atoms with Gasteiger partial charge in [0.1, 0.15) is 0 Å². The molecule has 3 rings (SSSR count). The molecule has 0 aromatic heterocycles. The first-order valence-electron chi connectivity index (χ1n) is 10.0. The monoisotopic (exact) mass is 399 g/mol. The lowest BCUT2D eigenvalue weighted by Gasteiger charge is -2.34. The maximum atomic E-state index is 12.9. The van der Waals surface area contributed by atoms with E-state index in [-0.39, 0.29) is 18.3 Å². The van der Waals surface area contributed by atoms with Gasteiger partial charge < -0.3 is 14.9 Å².